The molecule has 0 aliphatic rings. The summed E-state index contributed by atoms with van der Waals surface area (Å²) in [7, 11) is -6.78. The zero-order chi connectivity index (χ0) is 16.7. The molecule has 3 nitrogen and oxygen atoms in total. The zero-order valence-corrected chi connectivity index (χ0v) is 20.0. The standard InChI is InChI=1S/C14H38O3Si4/c1-10-11-12-13-14-19(4,5)16-21(8,9)17-20(6,7)15-18(2)3/h18H,10-14H2,1-9H3. The fourth-order valence-corrected chi connectivity index (χ4v) is 20.2. The smallest absolute Gasteiger partial charge is 0.312 e. The van der Waals surface area contributed by atoms with Gasteiger partial charge >= 0.3 is 17.1 Å². The largest absolute Gasteiger partial charge is 0.440 e. The van der Waals surface area contributed by atoms with Gasteiger partial charge in [-0.25, -0.2) is 0 Å². The first-order chi connectivity index (χ1) is 9.39. The second-order valence-corrected chi connectivity index (χ2v) is 22.0. The number of hydrogen-bond acceptors (Lipinski definition) is 3. The molecule has 0 amide bonds. The first-order valence-corrected chi connectivity index (χ1v) is 20.0. The molecule has 0 aliphatic carbocycles. The lowest BCUT2D eigenvalue weighted by Gasteiger charge is -2.39. The summed E-state index contributed by atoms with van der Waals surface area (Å²) in [6, 6.07) is 1.24. The predicted molar refractivity (Wildman–Crippen MR) is 104 cm³/mol. The molecule has 0 aromatic rings. The predicted octanol–water partition coefficient (Wildman–Crippen LogP) is 5.21. The minimum absolute atomic E-state index is 1.05. The van der Waals surface area contributed by atoms with E-state index in [-0.39, 0.29) is 0 Å². The van der Waals surface area contributed by atoms with E-state index >= 15 is 0 Å². The van der Waals surface area contributed by atoms with Gasteiger partial charge < -0.3 is 12.3 Å². The van der Waals surface area contributed by atoms with Gasteiger partial charge in [0, 0.05) is 0 Å². The Balaban J connectivity index is 4.42. The topological polar surface area (TPSA) is 27.7 Å². The van der Waals surface area contributed by atoms with Gasteiger partial charge in [-0.2, -0.15) is 0 Å². The SMILES string of the molecule is CCCCCC[Si](C)(C)O[Si](C)(C)O[Si](C)(C)O[SiH](C)C. The molecule has 0 rings (SSSR count). The van der Waals surface area contributed by atoms with E-state index in [0.717, 1.165) is 0 Å². The summed E-state index contributed by atoms with van der Waals surface area (Å²) in [5, 5.41) is 0. The molecule has 128 valence electrons. The average molecular weight is 367 g/mol. The Bertz CT molecular complexity index is 294. The molecular formula is C14H38O3Si4. The summed E-state index contributed by atoms with van der Waals surface area (Å²) in [4.78, 5) is 0. The first kappa shape index (κ1) is 21.7. The minimum atomic E-state index is -2.09. The third-order valence-electron chi connectivity index (χ3n) is 3.17. The fraction of sp³-hybridized carbons (Fsp3) is 1.00. The third kappa shape index (κ3) is 11.9. The fourth-order valence-electron chi connectivity index (χ4n) is 2.90. The van der Waals surface area contributed by atoms with Crippen LogP contribution in [0.15, 0.2) is 0 Å². The second kappa shape index (κ2) is 9.14. The van der Waals surface area contributed by atoms with Crippen LogP contribution >= 0.6 is 0 Å². The van der Waals surface area contributed by atoms with Crippen molar-refractivity contribution in [2.24, 2.45) is 0 Å². The number of hydrogen-bond donors (Lipinski definition) is 0. The molecule has 0 saturated heterocycles. The van der Waals surface area contributed by atoms with E-state index in [0.29, 0.717) is 0 Å². The van der Waals surface area contributed by atoms with Gasteiger partial charge in [-0.15, -0.1) is 0 Å². The van der Waals surface area contributed by atoms with E-state index < -0.39 is 34.5 Å². The molecular weight excluding hydrogens is 328 g/mol. The lowest BCUT2D eigenvalue weighted by molar-refractivity contribution is 0.333. The van der Waals surface area contributed by atoms with Gasteiger partial charge in [0.15, 0.2) is 17.4 Å². The second-order valence-electron chi connectivity index (χ2n) is 7.74. The molecule has 21 heavy (non-hydrogen) atoms. The van der Waals surface area contributed by atoms with Crippen LogP contribution in [-0.2, 0) is 12.3 Å². The lowest BCUT2D eigenvalue weighted by Crippen LogP contribution is -2.54. The maximum atomic E-state index is 6.55. The van der Waals surface area contributed by atoms with Crippen molar-refractivity contribution in [2.75, 3.05) is 0 Å². The van der Waals surface area contributed by atoms with Crippen molar-refractivity contribution in [1.29, 1.82) is 0 Å². The van der Waals surface area contributed by atoms with Gasteiger partial charge in [-0.05, 0) is 58.4 Å². The van der Waals surface area contributed by atoms with Gasteiger partial charge in [0.2, 0.25) is 0 Å². The van der Waals surface area contributed by atoms with Gasteiger partial charge in [0.25, 0.3) is 0 Å². The van der Waals surface area contributed by atoms with Crippen LogP contribution in [0.5, 0.6) is 0 Å². The van der Waals surface area contributed by atoms with Gasteiger partial charge in [-0.3, -0.25) is 0 Å². The van der Waals surface area contributed by atoms with Crippen molar-refractivity contribution < 1.29 is 12.3 Å². The van der Waals surface area contributed by atoms with Gasteiger partial charge in [0.05, 0.1) is 0 Å². The first-order valence-electron chi connectivity index (χ1n) is 8.47. The molecule has 0 N–H and O–H groups in total. The van der Waals surface area contributed by atoms with Crippen molar-refractivity contribution >= 4 is 34.5 Å². The Labute approximate surface area is 138 Å². The molecule has 0 unspecified atom stereocenters. The monoisotopic (exact) mass is 366 g/mol. The summed E-state index contributed by atoms with van der Waals surface area (Å²) in [6.07, 6.45) is 5.27. The summed E-state index contributed by atoms with van der Waals surface area (Å²) in [5.41, 5.74) is 0. The van der Waals surface area contributed by atoms with Crippen LogP contribution < -0.4 is 0 Å². The Morgan fingerprint density at radius 1 is 0.762 bits per heavy atom. The summed E-state index contributed by atoms with van der Waals surface area (Å²) >= 11 is 0. The van der Waals surface area contributed by atoms with Gasteiger partial charge in [0.1, 0.15) is 0 Å². The van der Waals surface area contributed by atoms with Crippen LogP contribution in [0.2, 0.25) is 58.4 Å². The van der Waals surface area contributed by atoms with E-state index in [1.54, 1.807) is 0 Å². The average Bonchev–Trinajstić information content (AvgIpc) is 2.18. The number of unbranched alkanes of at least 4 members (excludes halogenated alkanes) is 3. The normalized spacial score (nSPS) is 14.0. The molecule has 7 heteroatoms. The highest BCUT2D eigenvalue weighted by Gasteiger charge is 2.40. The maximum absolute atomic E-state index is 6.55. The van der Waals surface area contributed by atoms with Crippen molar-refractivity contribution in [1.82, 2.24) is 0 Å². The summed E-state index contributed by atoms with van der Waals surface area (Å²) in [6.45, 7) is 20.0. The molecule has 0 saturated carbocycles. The van der Waals surface area contributed by atoms with E-state index in [1.165, 1.54) is 31.7 Å². The Morgan fingerprint density at radius 3 is 1.81 bits per heavy atom. The summed E-state index contributed by atoms with van der Waals surface area (Å²) in [5.74, 6) is 0. The highest BCUT2D eigenvalue weighted by Crippen LogP contribution is 2.25. The van der Waals surface area contributed by atoms with Crippen LogP contribution in [0.4, 0.5) is 0 Å². The molecule has 0 aromatic heterocycles. The molecule has 0 aromatic carbocycles. The Morgan fingerprint density at radius 2 is 1.33 bits per heavy atom. The van der Waals surface area contributed by atoms with Crippen molar-refractivity contribution in [3.63, 3.8) is 0 Å². The highest BCUT2D eigenvalue weighted by molar-refractivity contribution is 6.87. The Kier molecular flexibility index (Phi) is 9.47. The molecule has 0 fully saturated rings. The zero-order valence-electron chi connectivity index (χ0n) is 15.8. The van der Waals surface area contributed by atoms with Crippen LogP contribution in [0.25, 0.3) is 0 Å². The van der Waals surface area contributed by atoms with Crippen molar-refractivity contribution in [3.05, 3.63) is 0 Å². The van der Waals surface area contributed by atoms with E-state index in [1.807, 2.05) is 0 Å². The number of rotatable bonds is 11. The van der Waals surface area contributed by atoms with Gasteiger partial charge in [-0.1, -0.05) is 32.6 Å². The van der Waals surface area contributed by atoms with Crippen LogP contribution in [-0.4, -0.2) is 34.5 Å². The maximum Gasteiger partial charge on any atom is 0.312 e. The minimum Gasteiger partial charge on any atom is -0.440 e. The molecule has 0 radical (unpaired) electrons. The molecule has 0 bridgehead atoms. The third-order valence-corrected chi connectivity index (χ3v) is 17.0. The van der Waals surface area contributed by atoms with Crippen LogP contribution in [0.3, 0.4) is 0 Å². The molecule has 0 spiro atoms. The Hall–Kier alpha value is 0.748. The van der Waals surface area contributed by atoms with Crippen LogP contribution in [0.1, 0.15) is 32.6 Å². The molecule has 0 atom stereocenters. The van der Waals surface area contributed by atoms with Crippen molar-refractivity contribution in [3.8, 4) is 0 Å². The quantitative estimate of drug-likeness (QED) is 0.371. The lowest BCUT2D eigenvalue weighted by atomic mass is 10.2. The van der Waals surface area contributed by atoms with E-state index in [4.69, 9.17) is 12.3 Å². The highest BCUT2D eigenvalue weighted by atomic mass is 28.5. The molecule has 0 aliphatic heterocycles. The van der Waals surface area contributed by atoms with E-state index in [2.05, 4.69) is 59.3 Å². The van der Waals surface area contributed by atoms with Crippen LogP contribution in [0, 0.1) is 0 Å². The van der Waals surface area contributed by atoms with E-state index in [9.17, 15) is 0 Å². The van der Waals surface area contributed by atoms with Crippen molar-refractivity contribution in [2.45, 2.75) is 91.0 Å². The molecule has 0 heterocycles. The summed E-state index contributed by atoms with van der Waals surface area (Å²) < 4.78 is 19.1.